The summed E-state index contributed by atoms with van der Waals surface area (Å²) in [5.74, 6) is 1.16. The summed E-state index contributed by atoms with van der Waals surface area (Å²) in [6, 6.07) is 6.53. The van der Waals surface area contributed by atoms with E-state index in [0.717, 1.165) is 51.2 Å². The molecule has 0 saturated heterocycles. The van der Waals surface area contributed by atoms with E-state index in [1.165, 1.54) is 22.0 Å². The van der Waals surface area contributed by atoms with Gasteiger partial charge in [0.25, 0.3) is 0 Å². The Kier molecular flexibility index (Phi) is 6.56. The molecule has 0 amide bonds. The molecule has 1 aliphatic rings. The molecular weight excluding hydrogens is 324 g/mol. The minimum Gasteiger partial charge on any atom is -0.393 e. The summed E-state index contributed by atoms with van der Waals surface area (Å²) in [4.78, 5) is 8.12. The molecule has 1 saturated carbocycles. The lowest BCUT2D eigenvalue weighted by atomic mass is 10.1. The van der Waals surface area contributed by atoms with Crippen molar-refractivity contribution in [3.8, 4) is 0 Å². The number of aliphatic hydroxyl groups is 1. The van der Waals surface area contributed by atoms with Gasteiger partial charge in [0, 0.05) is 42.7 Å². The Bertz CT molecular complexity index is 737. The topological polar surface area (TPSA) is 72.4 Å². The van der Waals surface area contributed by atoms with Gasteiger partial charge in [0.1, 0.15) is 0 Å². The number of aromatic amines is 1. The van der Waals surface area contributed by atoms with Gasteiger partial charge in [-0.2, -0.15) is 0 Å². The van der Waals surface area contributed by atoms with Gasteiger partial charge in [0.2, 0.25) is 0 Å². The number of fused-ring (bicyclic) bond motifs is 1. The van der Waals surface area contributed by atoms with E-state index in [-0.39, 0.29) is 6.10 Å². The van der Waals surface area contributed by atoms with Crippen molar-refractivity contribution >= 4 is 16.9 Å². The minimum atomic E-state index is -0.180. The molecule has 0 bridgehead atoms. The summed E-state index contributed by atoms with van der Waals surface area (Å²) in [5, 5.41) is 18.0. The number of aliphatic hydroxyl groups excluding tert-OH is 1. The molecule has 2 unspecified atom stereocenters. The van der Waals surface area contributed by atoms with Crippen LogP contribution in [0, 0.1) is 5.92 Å². The normalized spacial score (nSPS) is 20.7. The Hall–Kier alpha value is -2.01. The second-order valence-electron chi connectivity index (χ2n) is 7.16. The maximum absolute atomic E-state index is 9.96. The lowest BCUT2D eigenvalue weighted by Crippen LogP contribution is -2.38. The molecule has 5 heteroatoms. The van der Waals surface area contributed by atoms with E-state index in [9.17, 15) is 5.11 Å². The number of rotatable bonds is 7. The first kappa shape index (κ1) is 18.8. The molecule has 0 aliphatic heterocycles. The van der Waals surface area contributed by atoms with Crippen LogP contribution in [-0.4, -0.2) is 41.8 Å². The van der Waals surface area contributed by atoms with Gasteiger partial charge >= 0.3 is 0 Å². The van der Waals surface area contributed by atoms with Crippen LogP contribution < -0.4 is 10.6 Å². The number of nitrogens with one attached hydrogen (secondary N) is 3. The number of nitrogens with zero attached hydrogens (tertiary/aromatic N) is 1. The number of guanidine groups is 1. The third-order valence-corrected chi connectivity index (χ3v) is 5.40. The van der Waals surface area contributed by atoms with E-state index in [4.69, 9.17) is 0 Å². The second kappa shape index (κ2) is 9.08. The van der Waals surface area contributed by atoms with Crippen LogP contribution in [0.2, 0.25) is 0 Å². The Morgan fingerprint density at radius 2 is 2.12 bits per heavy atom. The summed E-state index contributed by atoms with van der Waals surface area (Å²) in [7, 11) is 0. The highest BCUT2D eigenvalue weighted by Gasteiger charge is 2.24. The second-order valence-corrected chi connectivity index (χ2v) is 7.16. The predicted octanol–water partition coefficient (Wildman–Crippen LogP) is 2.99. The summed E-state index contributed by atoms with van der Waals surface area (Å²) in [6.45, 7) is 6.64. The van der Waals surface area contributed by atoms with Crippen LogP contribution >= 0.6 is 0 Å². The van der Waals surface area contributed by atoms with Crippen LogP contribution in [0.3, 0.4) is 0 Å². The van der Waals surface area contributed by atoms with Crippen LogP contribution in [0.4, 0.5) is 0 Å². The first-order valence-corrected chi connectivity index (χ1v) is 10.0. The van der Waals surface area contributed by atoms with Crippen molar-refractivity contribution < 1.29 is 5.11 Å². The number of H-pyrrole nitrogens is 1. The minimum absolute atomic E-state index is 0.180. The van der Waals surface area contributed by atoms with Crippen molar-refractivity contribution in [2.45, 2.75) is 52.1 Å². The van der Waals surface area contributed by atoms with Gasteiger partial charge in [-0.15, -0.1) is 0 Å². The molecule has 142 valence electrons. The number of aromatic nitrogens is 1. The van der Waals surface area contributed by atoms with E-state index < -0.39 is 0 Å². The van der Waals surface area contributed by atoms with Crippen molar-refractivity contribution in [3.05, 3.63) is 35.5 Å². The number of hydrogen-bond donors (Lipinski definition) is 4. The van der Waals surface area contributed by atoms with Crippen molar-refractivity contribution in [2.75, 3.05) is 19.6 Å². The van der Waals surface area contributed by atoms with Crippen LogP contribution in [-0.2, 0) is 12.8 Å². The van der Waals surface area contributed by atoms with Gasteiger partial charge in [-0.3, -0.25) is 4.99 Å². The summed E-state index contributed by atoms with van der Waals surface area (Å²) >= 11 is 0. The first-order chi connectivity index (χ1) is 12.7. The molecule has 1 aromatic carbocycles. The zero-order valence-corrected chi connectivity index (χ0v) is 16.0. The number of para-hydroxylation sites is 1. The highest BCUT2D eigenvalue weighted by Crippen LogP contribution is 2.25. The molecule has 1 fully saturated rings. The fraction of sp³-hybridized carbons (Fsp3) is 0.571. The average molecular weight is 357 g/mol. The molecule has 0 radical (unpaired) electrons. The number of hydrogen-bond acceptors (Lipinski definition) is 2. The van der Waals surface area contributed by atoms with Crippen LogP contribution in [0.1, 0.15) is 44.2 Å². The van der Waals surface area contributed by atoms with Crippen molar-refractivity contribution in [1.82, 2.24) is 15.6 Å². The van der Waals surface area contributed by atoms with Crippen molar-refractivity contribution in [1.29, 1.82) is 0 Å². The molecule has 2 atom stereocenters. The predicted molar refractivity (Wildman–Crippen MR) is 109 cm³/mol. The third kappa shape index (κ3) is 4.39. The van der Waals surface area contributed by atoms with E-state index in [1.807, 2.05) is 0 Å². The van der Waals surface area contributed by atoms with Crippen LogP contribution in [0.5, 0.6) is 0 Å². The van der Waals surface area contributed by atoms with E-state index in [0.29, 0.717) is 12.5 Å². The molecule has 3 rings (SSSR count). The maximum atomic E-state index is 9.96. The molecule has 1 aromatic heterocycles. The lowest BCUT2D eigenvalue weighted by Gasteiger charge is -2.15. The molecule has 1 aliphatic carbocycles. The molecular formula is C21H32N4O. The Morgan fingerprint density at radius 3 is 2.85 bits per heavy atom. The van der Waals surface area contributed by atoms with Gasteiger partial charge in [-0.1, -0.05) is 31.5 Å². The number of aryl methyl sites for hydroxylation is 1. The van der Waals surface area contributed by atoms with Crippen molar-refractivity contribution in [2.24, 2.45) is 10.9 Å². The van der Waals surface area contributed by atoms with Gasteiger partial charge in [0.15, 0.2) is 5.96 Å². The zero-order chi connectivity index (χ0) is 18.4. The molecule has 1 heterocycles. The lowest BCUT2D eigenvalue weighted by molar-refractivity contribution is 0.136. The average Bonchev–Trinajstić information content (AvgIpc) is 3.25. The van der Waals surface area contributed by atoms with E-state index >= 15 is 0 Å². The third-order valence-electron chi connectivity index (χ3n) is 5.40. The smallest absolute Gasteiger partial charge is 0.191 e. The summed E-state index contributed by atoms with van der Waals surface area (Å²) in [6.07, 6.45) is 7.06. The first-order valence-electron chi connectivity index (χ1n) is 10.0. The number of benzene rings is 1. The van der Waals surface area contributed by atoms with Gasteiger partial charge in [-0.25, -0.2) is 0 Å². The Morgan fingerprint density at radius 1 is 1.23 bits per heavy atom. The van der Waals surface area contributed by atoms with Crippen LogP contribution in [0.25, 0.3) is 10.9 Å². The molecule has 26 heavy (non-hydrogen) atoms. The summed E-state index contributed by atoms with van der Waals surface area (Å²) in [5.41, 5.74) is 3.97. The largest absolute Gasteiger partial charge is 0.393 e. The highest BCUT2D eigenvalue weighted by atomic mass is 16.3. The molecule has 4 N–H and O–H groups in total. The van der Waals surface area contributed by atoms with Gasteiger partial charge in [-0.05, 0) is 43.7 Å². The van der Waals surface area contributed by atoms with Crippen molar-refractivity contribution in [3.63, 3.8) is 0 Å². The van der Waals surface area contributed by atoms with Gasteiger partial charge < -0.3 is 20.7 Å². The fourth-order valence-corrected chi connectivity index (χ4v) is 3.87. The Labute approximate surface area is 156 Å². The van der Waals surface area contributed by atoms with E-state index in [2.05, 4.69) is 58.9 Å². The summed E-state index contributed by atoms with van der Waals surface area (Å²) < 4.78 is 0. The monoisotopic (exact) mass is 356 g/mol. The Balaban J connectivity index is 1.58. The zero-order valence-electron chi connectivity index (χ0n) is 16.0. The SMILES string of the molecule is CCNC(=NCC1CCCC1O)NCCc1c[nH]c2c(CC)cccc12. The van der Waals surface area contributed by atoms with Gasteiger partial charge in [0.05, 0.1) is 6.10 Å². The fourth-order valence-electron chi connectivity index (χ4n) is 3.87. The quantitative estimate of drug-likeness (QED) is 0.455. The standard InChI is InChI=1S/C21H32N4O/c1-3-15-7-5-9-18-16(13-24-20(15)18)11-12-23-21(22-4-2)25-14-17-8-6-10-19(17)26/h5,7,9,13,17,19,24,26H,3-4,6,8,10-12,14H2,1-2H3,(H2,22,23,25). The maximum Gasteiger partial charge on any atom is 0.191 e. The molecule has 5 nitrogen and oxygen atoms in total. The molecule has 2 aromatic rings. The highest BCUT2D eigenvalue weighted by molar-refractivity contribution is 5.86. The molecule has 0 spiro atoms. The number of aliphatic imine (C=N–C) groups is 1. The van der Waals surface area contributed by atoms with Crippen LogP contribution in [0.15, 0.2) is 29.4 Å². The van der Waals surface area contributed by atoms with E-state index in [1.54, 1.807) is 0 Å².